The Kier molecular flexibility index (Phi) is 4.80. The van der Waals surface area contributed by atoms with E-state index in [0.717, 1.165) is 25.7 Å². The molecule has 1 aromatic carbocycles. The molecule has 5 heteroatoms. The van der Waals surface area contributed by atoms with Gasteiger partial charge in [-0.15, -0.1) is 0 Å². The van der Waals surface area contributed by atoms with Crippen LogP contribution in [0.3, 0.4) is 0 Å². The third-order valence-corrected chi connectivity index (χ3v) is 3.68. The molecule has 0 aromatic heterocycles. The van der Waals surface area contributed by atoms with Crippen molar-refractivity contribution >= 4 is 21.8 Å². The second-order valence-electron chi connectivity index (χ2n) is 4.86. The number of hydrogen-bond donors (Lipinski definition) is 1. The van der Waals surface area contributed by atoms with Crippen LogP contribution < -0.4 is 10.1 Å². The van der Waals surface area contributed by atoms with E-state index >= 15 is 0 Å². The quantitative estimate of drug-likeness (QED) is 0.919. The van der Waals surface area contributed by atoms with Crippen LogP contribution in [-0.4, -0.2) is 18.1 Å². The van der Waals surface area contributed by atoms with Gasteiger partial charge in [0.25, 0.3) is 5.91 Å². The number of hydrogen-bond acceptors (Lipinski definition) is 2. The molecule has 0 saturated heterocycles. The fraction of sp³-hybridized carbons (Fsp3) is 0.500. The van der Waals surface area contributed by atoms with Crippen molar-refractivity contribution in [3.8, 4) is 5.75 Å². The lowest BCUT2D eigenvalue weighted by atomic mass is 10.2. The first kappa shape index (κ1) is 14.3. The van der Waals surface area contributed by atoms with Gasteiger partial charge < -0.3 is 10.1 Å². The standard InChI is InChI=1S/C14H17BrFNO2/c1-9(14(18)17-12-4-2-3-5-12)19-13-7-10(15)6-11(16)8-13/h6-9,12H,2-5H2,1H3,(H,17,18). The number of ether oxygens (including phenoxy) is 1. The average molecular weight is 330 g/mol. The van der Waals surface area contributed by atoms with Crippen molar-refractivity contribution in [3.63, 3.8) is 0 Å². The van der Waals surface area contributed by atoms with Gasteiger partial charge in [0.05, 0.1) is 0 Å². The number of benzene rings is 1. The predicted molar refractivity (Wildman–Crippen MR) is 74.6 cm³/mol. The van der Waals surface area contributed by atoms with Gasteiger partial charge in [-0.3, -0.25) is 4.79 Å². The van der Waals surface area contributed by atoms with Crippen LogP contribution in [0.25, 0.3) is 0 Å². The summed E-state index contributed by atoms with van der Waals surface area (Å²) < 4.78 is 19.3. The number of carbonyl (C=O) groups is 1. The highest BCUT2D eigenvalue weighted by atomic mass is 79.9. The van der Waals surface area contributed by atoms with E-state index in [2.05, 4.69) is 21.2 Å². The second-order valence-corrected chi connectivity index (χ2v) is 5.77. The molecule has 0 bridgehead atoms. The fourth-order valence-corrected chi connectivity index (χ4v) is 2.69. The molecule has 1 amide bonds. The first-order chi connectivity index (χ1) is 9.04. The Morgan fingerprint density at radius 3 is 2.74 bits per heavy atom. The molecule has 1 aromatic rings. The summed E-state index contributed by atoms with van der Waals surface area (Å²) in [7, 11) is 0. The highest BCUT2D eigenvalue weighted by molar-refractivity contribution is 9.10. The molecule has 1 atom stereocenters. The zero-order chi connectivity index (χ0) is 13.8. The van der Waals surface area contributed by atoms with Crippen LogP contribution in [-0.2, 0) is 4.79 Å². The summed E-state index contributed by atoms with van der Waals surface area (Å²) in [5.41, 5.74) is 0. The summed E-state index contributed by atoms with van der Waals surface area (Å²) >= 11 is 3.19. The van der Waals surface area contributed by atoms with Crippen molar-refractivity contribution in [2.45, 2.75) is 44.8 Å². The normalized spacial score (nSPS) is 17.2. The van der Waals surface area contributed by atoms with Gasteiger partial charge in [0.1, 0.15) is 11.6 Å². The molecule has 3 nitrogen and oxygen atoms in total. The van der Waals surface area contributed by atoms with Gasteiger partial charge >= 0.3 is 0 Å². The van der Waals surface area contributed by atoms with Gasteiger partial charge in [0.2, 0.25) is 0 Å². The van der Waals surface area contributed by atoms with Gasteiger partial charge in [-0.05, 0) is 31.9 Å². The Balaban J connectivity index is 1.91. The molecule has 0 spiro atoms. The zero-order valence-electron chi connectivity index (χ0n) is 10.8. The Morgan fingerprint density at radius 1 is 1.42 bits per heavy atom. The first-order valence-corrected chi connectivity index (χ1v) is 7.27. The van der Waals surface area contributed by atoms with Gasteiger partial charge in [0, 0.05) is 16.6 Å². The lowest BCUT2D eigenvalue weighted by molar-refractivity contribution is -0.127. The minimum Gasteiger partial charge on any atom is -0.481 e. The van der Waals surface area contributed by atoms with E-state index in [1.165, 1.54) is 12.1 Å². The van der Waals surface area contributed by atoms with Gasteiger partial charge in [0.15, 0.2) is 6.10 Å². The third-order valence-electron chi connectivity index (χ3n) is 3.22. The number of carbonyl (C=O) groups excluding carboxylic acids is 1. The highest BCUT2D eigenvalue weighted by Crippen LogP contribution is 2.22. The van der Waals surface area contributed by atoms with Crippen molar-refractivity contribution in [1.29, 1.82) is 0 Å². The molecule has 1 fully saturated rings. The van der Waals surface area contributed by atoms with Crippen LogP contribution >= 0.6 is 15.9 Å². The summed E-state index contributed by atoms with van der Waals surface area (Å²) in [6, 6.07) is 4.51. The van der Waals surface area contributed by atoms with Crippen molar-refractivity contribution in [3.05, 3.63) is 28.5 Å². The van der Waals surface area contributed by atoms with Gasteiger partial charge in [-0.25, -0.2) is 4.39 Å². The Labute approximate surface area is 120 Å². The summed E-state index contributed by atoms with van der Waals surface area (Å²) in [6.45, 7) is 1.67. The van der Waals surface area contributed by atoms with E-state index in [4.69, 9.17) is 4.74 Å². The van der Waals surface area contributed by atoms with E-state index in [9.17, 15) is 9.18 Å². The van der Waals surface area contributed by atoms with Crippen molar-refractivity contribution < 1.29 is 13.9 Å². The lowest BCUT2D eigenvalue weighted by Crippen LogP contribution is -2.41. The zero-order valence-corrected chi connectivity index (χ0v) is 12.4. The monoisotopic (exact) mass is 329 g/mol. The maximum atomic E-state index is 13.2. The molecule has 2 rings (SSSR count). The largest absolute Gasteiger partial charge is 0.481 e. The molecular weight excluding hydrogens is 313 g/mol. The molecule has 19 heavy (non-hydrogen) atoms. The minimum absolute atomic E-state index is 0.146. The van der Waals surface area contributed by atoms with Crippen molar-refractivity contribution in [1.82, 2.24) is 5.32 Å². The van der Waals surface area contributed by atoms with E-state index in [0.29, 0.717) is 10.2 Å². The van der Waals surface area contributed by atoms with E-state index in [-0.39, 0.29) is 11.9 Å². The summed E-state index contributed by atoms with van der Waals surface area (Å²) in [4.78, 5) is 11.9. The van der Waals surface area contributed by atoms with Crippen molar-refractivity contribution in [2.24, 2.45) is 0 Å². The Morgan fingerprint density at radius 2 is 2.11 bits per heavy atom. The molecule has 1 saturated carbocycles. The lowest BCUT2D eigenvalue weighted by Gasteiger charge is -2.18. The molecule has 0 radical (unpaired) electrons. The maximum Gasteiger partial charge on any atom is 0.260 e. The van der Waals surface area contributed by atoms with Crippen LogP contribution in [0.5, 0.6) is 5.75 Å². The smallest absolute Gasteiger partial charge is 0.260 e. The van der Waals surface area contributed by atoms with Crippen LogP contribution in [0.2, 0.25) is 0 Å². The fourth-order valence-electron chi connectivity index (χ4n) is 2.24. The number of nitrogens with one attached hydrogen (secondary N) is 1. The van der Waals surface area contributed by atoms with Crippen LogP contribution in [0.4, 0.5) is 4.39 Å². The number of amides is 1. The average Bonchev–Trinajstić information content (AvgIpc) is 2.80. The SMILES string of the molecule is CC(Oc1cc(F)cc(Br)c1)C(=O)NC1CCCC1. The van der Waals surface area contributed by atoms with Crippen LogP contribution in [0.15, 0.2) is 22.7 Å². The first-order valence-electron chi connectivity index (χ1n) is 6.48. The maximum absolute atomic E-state index is 13.2. The van der Waals surface area contributed by atoms with Crippen LogP contribution in [0, 0.1) is 5.82 Å². The van der Waals surface area contributed by atoms with Crippen molar-refractivity contribution in [2.75, 3.05) is 0 Å². The molecule has 1 N–H and O–H groups in total. The summed E-state index contributed by atoms with van der Waals surface area (Å²) in [5.74, 6) is -0.194. The second kappa shape index (κ2) is 6.37. The highest BCUT2D eigenvalue weighted by Gasteiger charge is 2.21. The van der Waals surface area contributed by atoms with E-state index < -0.39 is 11.9 Å². The number of halogens is 2. The van der Waals surface area contributed by atoms with Gasteiger partial charge in [-0.1, -0.05) is 28.8 Å². The minimum atomic E-state index is -0.630. The van der Waals surface area contributed by atoms with Gasteiger partial charge in [-0.2, -0.15) is 0 Å². The van der Waals surface area contributed by atoms with E-state index in [1.807, 2.05) is 0 Å². The molecule has 104 valence electrons. The van der Waals surface area contributed by atoms with Crippen LogP contribution in [0.1, 0.15) is 32.6 Å². The molecule has 1 aliphatic carbocycles. The Bertz CT molecular complexity index is 441. The van der Waals surface area contributed by atoms with E-state index in [1.54, 1.807) is 13.0 Å². The molecule has 1 unspecified atom stereocenters. The summed E-state index contributed by atoms with van der Waals surface area (Å²) in [5, 5.41) is 2.96. The molecule has 1 aliphatic rings. The topological polar surface area (TPSA) is 38.3 Å². The molecule has 0 aliphatic heterocycles. The predicted octanol–water partition coefficient (Wildman–Crippen LogP) is 3.41. The molecule has 0 heterocycles. The third kappa shape index (κ3) is 4.20. The Hall–Kier alpha value is -1.10. The number of rotatable bonds is 4. The summed E-state index contributed by atoms with van der Waals surface area (Å²) in [6.07, 6.45) is 3.76. The molecular formula is C14H17BrFNO2.